The molecule has 0 bridgehead atoms. The Hall–Kier alpha value is -1.96. The molecule has 3 atom stereocenters. The number of rotatable bonds is 5. The fourth-order valence-corrected chi connectivity index (χ4v) is 3.82. The van der Waals surface area contributed by atoms with Gasteiger partial charge in [0.05, 0.1) is 6.54 Å². The third kappa shape index (κ3) is 3.40. The maximum atomic E-state index is 12.2. The van der Waals surface area contributed by atoms with Gasteiger partial charge in [0.15, 0.2) is 5.82 Å². The molecule has 136 valence electrons. The summed E-state index contributed by atoms with van der Waals surface area (Å²) in [5.41, 5.74) is 0. The van der Waals surface area contributed by atoms with E-state index in [1.807, 2.05) is 6.92 Å². The van der Waals surface area contributed by atoms with Gasteiger partial charge >= 0.3 is 5.97 Å². The number of hydrogen-bond acceptors (Lipinski definition) is 7. The van der Waals surface area contributed by atoms with Gasteiger partial charge in [0.2, 0.25) is 11.8 Å². The molecule has 3 fully saturated rings. The van der Waals surface area contributed by atoms with Crippen molar-refractivity contribution < 1.29 is 18.8 Å². The predicted octanol–water partition coefficient (Wildman–Crippen LogP) is 1.07. The van der Waals surface area contributed by atoms with Gasteiger partial charge in [-0.3, -0.25) is 14.5 Å². The second kappa shape index (κ2) is 6.40. The number of carbonyl (C=O) groups excluding carboxylic acids is 2. The summed E-state index contributed by atoms with van der Waals surface area (Å²) in [5.74, 6) is 1.50. The Kier molecular flexibility index (Phi) is 4.23. The number of ether oxygens (including phenoxy) is 1. The minimum Gasteiger partial charge on any atom is -0.461 e. The van der Waals surface area contributed by atoms with Crippen molar-refractivity contribution in [2.24, 2.45) is 0 Å². The molecule has 0 aromatic carbocycles. The molecule has 1 saturated carbocycles. The Balaban J connectivity index is 1.40. The molecule has 0 spiro atoms. The third-order valence-electron chi connectivity index (χ3n) is 5.35. The van der Waals surface area contributed by atoms with Crippen molar-refractivity contribution in [1.29, 1.82) is 0 Å². The number of cyclic esters (lactones) is 1. The summed E-state index contributed by atoms with van der Waals surface area (Å²) in [5, 5.41) is 4.02. The number of amides is 1. The van der Waals surface area contributed by atoms with Crippen molar-refractivity contribution in [2.75, 3.05) is 13.1 Å². The van der Waals surface area contributed by atoms with Crippen LogP contribution in [0.1, 0.15) is 57.2 Å². The highest BCUT2D eigenvalue weighted by Crippen LogP contribution is 2.39. The van der Waals surface area contributed by atoms with Crippen LogP contribution in [0.25, 0.3) is 0 Å². The zero-order valence-corrected chi connectivity index (χ0v) is 14.7. The normalized spacial score (nSPS) is 29.8. The molecule has 1 aromatic heterocycles. The van der Waals surface area contributed by atoms with E-state index >= 15 is 0 Å². The van der Waals surface area contributed by atoms with Crippen LogP contribution in [0.15, 0.2) is 4.52 Å². The average Bonchev–Trinajstić information content (AvgIpc) is 2.98. The van der Waals surface area contributed by atoms with Crippen LogP contribution in [0.5, 0.6) is 0 Å². The van der Waals surface area contributed by atoms with Crippen LogP contribution in [0.4, 0.5) is 0 Å². The molecule has 4 rings (SSSR count). The molecule has 1 aliphatic carbocycles. The Bertz CT molecular complexity index is 671. The third-order valence-corrected chi connectivity index (χ3v) is 5.35. The Morgan fingerprint density at radius 1 is 1.36 bits per heavy atom. The van der Waals surface area contributed by atoms with Gasteiger partial charge in [-0.15, -0.1) is 0 Å². The molecule has 8 nitrogen and oxygen atoms in total. The Morgan fingerprint density at radius 3 is 2.80 bits per heavy atom. The zero-order valence-electron chi connectivity index (χ0n) is 14.7. The van der Waals surface area contributed by atoms with Gasteiger partial charge in [-0.05, 0) is 26.2 Å². The van der Waals surface area contributed by atoms with Crippen LogP contribution >= 0.6 is 0 Å². The summed E-state index contributed by atoms with van der Waals surface area (Å²) in [7, 11) is 0. The van der Waals surface area contributed by atoms with Gasteiger partial charge in [-0.25, -0.2) is 0 Å². The smallest absolute Gasteiger partial charge is 0.323 e. The van der Waals surface area contributed by atoms with E-state index in [0.717, 1.165) is 32.2 Å². The number of hydrogen-bond donors (Lipinski definition) is 0. The number of nitrogens with zero attached hydrogens (tertiary/aromatic N) is 4. The lowest BCUT2D eigenvalue weighted by atomic mass is 10.1. The number of carbonyl (C=O) groups is 2. The first kappa shape index (κ1) is 16.5. The van der Waals surface area contributed by atoms with Gasteiger partial charge in [0, 0.05) is 38.4 Å². The fraction of sp³-hybridized carbons (Fsp3) is 0.765. The first-order valence-corrected chi connectivity index (χ1v) is 9.05. The lowest BCUT2D eigenvalue weighted by Gasteiger charge is -2.27. The molecule has 0 unspecified atom stereocenters. The average molecular weight is 348 g/mol. The topological polar surface area (TPSA) is 88.8 Å². The van der Waals surface area contributed by atoms with Gasteiger partial charge in [0.25, 0.3) is 0 Å². The summed E-state index contributed by atoms with van der Waals surface area (Å²) in [4.78, 5) is 32.5. The maximum absolute atomic E-state index is 12.2. The fourth-order valence-electron chi connectivity index (χ4n) is 3.82. The van der Waals surface area contributed by atoms with Crippen LogP contribution in [-0.2, 0) is 20.9 Å². The Morgan fingerprint density at radius 2 is 2.16 bits per heavy atom. The van der Waals surface area contributed by atoms with E-state index in [1.54, 1.807) is 11.8 Å². The standard InChI is InChI=1S/C17H24N4O4/c1-10-7-14(17(23)24-10)20-6-5-13(8-20)21(11(2)22)9-15-18-16(25-19-15)12-3-4-12/h10,12-14H,3-9H2,1-2H3/t10-,13+,14+/m0/s1. The molecular formula is C17H24N4O4. The maximum Gasteiger partial charge on any atom is 0.323 e. The molecule has 1 aromatic rings. The minimum absolute atomic E-state index is 0.00742. The molecule has 3 heterocycles. The van der Waals surface area contributed by atoms with E-state index < -0.39 is 0 Å². The summed E-state index contributed by atoms with van der Waals surface area (Å²) < 4.78 is 10.6. The lowest BCUT2D eigenvalue weighted by Crippen LogP contribution is -2.43. The van der Waals surface area contributed by atoms with Crippen LogP contribution in [-0.4, -0.2) is 63.1 Å². The molecule has 2 saturated heterocycles. The molecular weight excluding hydrogens is 324 g/mol. The molecule has 1 amide bonds. The SMILES string of the molecule is CC(=O)N(Cc1noc(C2CC2)n1)[C@@H]1CCN([C@@H]2C[C@H](C)OC2=O)C1. The van der Waals surface area contributed by atoms with E-state index in [9.17, 15) is 9.59 Å². The van der Waals surface area contributed by atoms with E-state index in [2.05, 4.69) is 15.0 Å². The van der Waals surface area contributed by atoms with Gasteiger partial charge in [-0.2, -0.15) is 4.98 Å². The largest absolute Gasteiger partial charge is 0.461 e. The minimum atomic E-state index is -0.180. The van der Waals surface area contributed by atoms with E-state index in [4.69, 9.17) is 9.26 Å². The van der Waals surface area contributed by atoms with Gasteiger partial charge < -0.3 is 14.2 Å². The number of likely N-dealkylation sites (tertiary alicyclic amines) is 1. The first-order chi connectivity index (χ1) is 12.0. The summed E-state index contributed by atoms with van der Waals surface area (Å²) in [6.45, 7) is 5.31. The van der Waals surface area contributed by atoms with Crippen LogP contribution in [0, 0.1) is 0 Å². The summed E-state index contributed by atoms with van der Waals surface area (Å²) in [6.07, 6.45) is 3.74. The summed E-state index contributed by atoms with van der Waals surface area (Å²) >= 11 is 0. The monoisotopic (exact) mass is 348 g/mol. The number of aromatic nitrogens is 2. The lowest BCUT2D eigenvalue weighted by molar-refractivity contribution is -0.144. The van der Waals surface area contributed by atoms with Crippen LogP contribution in [0.2, 0.25) is 0 Å². The van der Waals surface area contributed by atoms with Crippen LogP contribution < -0.4 is 0 Å². The molecule has 2 aliphatic heterocycles. The van der Waals surface area contributed by atoms with Crippen LogP contribution in [0.3, 0.4) is 0 Å². The molecule has 8 heteroatoms. The molecule has 3 aliphatic rings. The van der Waals surface area contributed by atoms with E-state index in [0.29, 0.717) is 30.7 Å². The Labute approximate surface area is 146 Å². The van der Waals surface area contributed by atoms with Crippen molar-refractivity contribution in [2.45, 2.75) is 70.2 Å². The highest BCUT2D eigenvalue weighted by Gasteiger charge is 2.41. The second-order valence-corrected chi connectivity index (χ2v) is 7.41. The number of esters is 1. The predicted molar refractivity (Wildman–Crippen MR) is 86.4 cm³/mol. The van der Waals surface area contributed by atoms with Crippen molar-refractivity contribution in [3.8, 4) is 0 Å². The van der Waals surface area contributed by atoms with Crippen molar-refractivity contribution in [1.82, 2.24) is 19.9 Å². The van der Waals surface area contributed by atoms with E-state index in [-0.39, 0.29) is 30.1 Å². The van der Waals surface area contributed by atoms with Crippen molar-refractivity contribution in [3.63, 3.8) is 0 Å². The molecule has 0 radical (unpaired) electrons. The van der Waals surface area contributed by atoms with Crippen molar-refractivity contribution >= 4 is 11.9 Å². The highest BCUT2D eigenvalue weighted by molar-refractivity contribution is 5.78. The molecule has 0 N–H and O–H groups in total. The second-order valence-electron chi connectivity index (χ2n) is 7.41. The van der Waals surface area contributed by atoms with Crippen molar-refractivity contribution in [3.05, 3.63) is 11.7 Å². The van der Waals surface area contributed by atoms with Gasteiger partial charge in [-0.1, -0.05) is 5.16 Å². The first-order valence-electron chi connectivity index (χ1n) is 9.05. The zero-order chi connectivity index (χ0) is 17.6. The summed E-state index contributed by atoms with van der Waals surface area (Å²) in [6, 6.07) is -0.121. The van der Waals surface area contributed by atoms with E-state index in [1.165, 1.54) is 0 Å². The van der Waals surface area contributed by atoms with Gasteiger partial charge in [0.1, 0.15) is 12.1 Å². The highest BCUT2D eigenvalue weighted by atomic mass is 16.6. The quantitative estimate of drug-likeness (QED) is 0.736. The molecule has 25 heavy (non-hydrogen) atoms.